The second-order valence-electron chi connectivity index (χ2n) is 4.17. The van der Waals surface area contributed by atoms with Gasteiger partial charge in [0.25, 0.3) is 0 Å². The van der Waals surface area contributed by atoms with E-state index >= 15 is 0 Å². The lowest BCUT2D eigenvalue weighted by atomic mass is 9.92. The molecule has 3 atom stereocenters. The second kappa shape index (κ2) is 5.32. The molecule has 0 aliphatic carbocycles. The van der Waals surface area contributed by atoms with Gasteiger partial charge in [0.2, 0.25) is 5.91 Å². The summed E-state index contributed by atoms with van der Waals surface area (Å²) in [6, 6.07) is 0.289. The lowest BCUT2D eigenvalue weighted by Gasteiger charge is -2.27. The highest BCUT2D eigenvalue weighted by Crippen LogP contribution is 2.15. The van der Waals surface area contributed by atoms with Gasteiger partial charge in [0.15, 0.2) is 0 Å². The van der Waals surface area contributed by atoms with Crippen LogP contribution in [0, 0.1) is 5.92 Å². The Morgan fingerprint density at radius 3 is 3.00 bits per heavy atom. The Bertz CT molecular complexity index is 197. The van der Waals surface area contributed by atoms with Crippen LogP contribution in [0.15, 0.2) is 0 Å². The van der Waals surface area contributed by atoms with Gasteiger partial charge in [-0.05, 0) is 33.2 Å². The molecule has 1 saturated heterocycles. The van der Waals surface area contributed by atoms with Crippen LogP contribution in [0.1, 0.15) is 26.7 Å². The molecule has 1 fully saturated rings. The predicted octanol–water partition coefficient (Wildman–Crippen LogP) is -0.128. The molecule has 1 aliphatic rings. The van der Waals surface area contributed by atoms with E-state index in [1.165, 1.54) is 0 Å². The van der Waals surface area contributed by atoms with E-state index in [0.717, 1.165) is 19.4 Å². The number of aliphatic hydroxyl groups is 1. The van der Waals surface area contributed by atoms with Crippen molar-refractivity contribution in [1.29, 1.82) is 0 Å². The van der Waals surface area contributed by atoms with Crippen molar-refractivity contribution < 1.29 is 9.90 Å². The van der Waals surface area contributed by atoms with Crippen molar-refractivity contribution in [2.45, 2.75) is 38.8 Å². The molecule has 1 amide bonds. The molecular formula is C10H20N2O2. The highest BCUT2D eigenvalue weighted by atomic mass is 16.3. The zero-order valence-electron chi connectivity index (χ0n) is 8.92. The van der Waals surface area contributed by atoms with E-state index in [9.17, 15) is 4.79 Å². The minimum absolute atomic E-state index is 0.00621. The van der Waals surface area contributed by atoms with Gasteiger partial charge in [0, 0.05) is 18.0 Å². The molecule has 1 aliphatic heterocycles. The highest BCUT2D eigenvalue weighted by molar-refractivity contribution is 5.79. The third-order valence-electron chi connectivity index (χ3n) is 2.66. The number of hydrogen-bond acceptors (Lipinski definition) is 3. The number of aliphatic hydroxyl groups excluding tert-OH is 1. The van der Waals surface area contributed by atoms with E-state index in [0.29, 0.717) is 6.04 Å². The first-order chi connectivity index (χ1) is 6.63. The van der Waals surface area contributed by atoms with E-state index in [4.69, 9.17) is 5.11 Å². The maximum absolute atomic E-state index is 11.7. The van der Waals surface area contributed by atoms with Crippen LogP contribution >= 0.6 is 0 Å². The largest absolute Gasteiger partial charge is 0.394 e. The summed E-state index contributed by atoms with van der Waals surface area (Å²) in [5.74, 6) is 0.195. The van der Waals surface area contributed by atoms with Crippen molar-refractivity contribution in [3.8, 4) is 0 Å². The summed E-state index contributed by atoms with van der Waals surface area (Å²) in [5.41, 5.74) is 0. The summed E-state index contributed by atoms with van der Waals surface area (Å²) in [7, 11) is 0. The molecule has 0 bridgehead atoms. The lowest BCUT2D eigenvalue weighted by molar-refractivity contribution is -0.127. The third-order valence-corrected chi connectivity index (χ3v) is 2.66. The molecule has 4 nitrogen and oxygen atoms in total. The zero-order chi connectivity index (χ0) is 10.6. The summed E-state index contributed by atoms with van der Waals surface area (Å²) >= 11 is 0. The number of rotatable bonds is 3. The molecule has 1 rings (SSSR count). The Kier molecular flexibility index (Phi) is 4.35. The van der Waals surface area contributed by atoms with Gasteiger partial charge >= 0.3 is 0 Å². The van der Waals surface area contributed by atoms with E-state index in [2.05, 4.69) is 17.6 Å². The maximum atomic E-state index is 11.7. The molecule has 0 aromatic heterocycles. The fourth-order valence-corrected chi connectivity index (χ4v) is 1.78. The average molecular weight is 200 g/mol. The van der Waals surface area contributed by atoms with Gasteiger partial charge in [0.05, 0.1) is 6.61 Å². The number of carbonyl (C=O) groups excluding carboxylic acids is 1. The molecule has 0 aromatic rings. The maximum Gasteiger partial charge on any atom is 0.223 e. The summed E-state index contributed by atoms with van der Waals surface area (Å²) in [6.07, 6.45) is 1.79. The summed E-state index contributed by atoms with van der Waals surface area (Å²) in [6.45, 7) is 4.82. The lowest BCUT2D eigenvalue weighted by Crippen LogP contribution is -2.45. The second-order valence-corrected chi connectivity index (χ2v) is 4.17. The van der Waals surface area contributed by atoms with Gasteiger partial charge in [-0.1, -0.05) is 0 Å². The normalized spacial score (nSPS) is 29.6. The Morgan fingerprint density at radius 1 is 1.71 bits per heavy atom. The molecule has 14 heavy (non-hydrogen) atoms. The van der Waals surface area contributed by atoms with Crippen LogP contribution in [0.3, 0.4) is 0 Å². The van der Waals surface area contributed by atoms with Crippen LogP contribution in [-0.4, -0.2) is 36.2 Å². The standard InChI is InChI=1S/C10H20N2O2/c1-7-5-9(3-4-11-7)10(14)12-8(2)6-13/h7-9,11,13H,3-6H2,1-2H3,(H,12,14)/t7-,8?,9-/m0/s1. The Hall–Kier alpha value is -0.610. The van der Waals surface area contributed by atoms with E-state index in [-0.39, 0.29) is 24.5 Å². The SMILES string of the molecule is CC(CO)NC(=O)[C@H]1CCN[C@@H](C)C1. The Morgan fingerprint density at radius 2 is 2.43 bits per heavy atom. The zero-order valence-corrected chi connectivity index (χ0v) is 8.92. The van der Waals surface area contributed by atoms with Crippen LogP contribution in [0.2, 0.25) is 0 Å². The average Bonchev–Trinajstić information content (AvgIpc) is 2.17. The van der Waals surface area contributed by atoms with Crippen molar-refractivity contribution >= 4 is 5.91 Å². The van der Waals surface area contributed by atoms with Gasteiger partial charge in [-0.3, -0.25) is 4.79 Å². The van der Waals surface area contributed by atoms with Crippen LogP contribution in [0.5, 0.6) is 0 Å². The number of piperidine rings is 1. The predicted molar refractivity (Wildman–Crippen MR) is 54.9 cm³/mol. The van der Waals surface area contributed by atoms with Gasteiger partial charge in [0.1, 0.15) is 0 Å². The summed E-state index contributed by atoms with van der Waals surface area (Å²) < 4.78 is 0. The number of nitrogens with one attached hydrogen (secondary N) is 2. The fraction of sp³-hybridized carbons (Fsp3) is 0.900. The van der Waals surface area contributed by atoms with Crippen molar-refractivity contribution in [2.75, 3.05) is 13.2 Å². The molecule has 0 aromatic carbocycles. The smallest absolute Gasteiger partial charge is 0.223 e. The molecule has 0 spiro atoms. The summed E-state index contributed by atoms with van der Waals surface area (Å²) in [5, 5.41) is 14.9. The minimum atomic E-state index is -0.132. The molecule has 3 N–H and O–H groups in total. The van der Waals surface area contributed by atoms with Crippen LogP contribution < -0.4 is 10.6 Å². The van der Waals surface area contributed by atoms with Crippen LogP contribution in [0.25, 0.3) is 0 Å². The van der Waals surface area contributed by atoms with Crippen LogP contribution in [0.4, 0.5) is 0 Å². The molecule has 82 valence electrons. The first-order valence-electron chi connectivity index (χ1n) is 5.28. The van der Waals surface area contributed by atoms with Gasteiger partial charge < -0.3 is 15.7 Å². The summed E-state index contributed by atoms with van der Waals surface area (Å²) in [4.78, 5) is 11.7. The monoisotopic (exact) mass is 200 g/mol. The minimum Gasteiger partial charge on any atom is -0.394 e. The molecular weight excluding hydrogens is 180 g/mol. The molecule has 0 saturated carbocycles. The first-order valence-corrected chi connectivity index (χ1v) is 5.28. The van der Waals surface area contributed by atoms with E-state index in [1.54, 1.807) is 0 Å². The first kappa shape index (κ1) is 11.5. The molecule has 1 unspecified atom stereocenters. The van der Waals surface area contributed by atoms with E-state index < -0.39 is 0 Å². The van der Waals surface area contributed by atoms with Crippen molar-refractivity contribution in [2.24, 2.45) is 5.92 Å². The van der Waals surface area contributed by atoms with Crippen molar-refractivity contribution in [3.63, 3.8) is 0 Å². The third kappa shape index (κ3) is 3.27. The number of amides is 1. The Labute approximate surface area is 85.1 Å². The number of hydrogen-bond donors (Lipinski definition) is 3. The highest BCUT2D eigenvalue weighted by Gasteiger charge is 2.25. The Balaban J connectivity index is 2.36. The fourth-order valence-electron chi connectivity index (χ4n) is 1.78. The van der Waals surface area contributed by atoms with Gasteiger partial charge in [-0.2, -0.15) is 0 Å². The topological polar surface area (TPSA) is 61.4 Å². The van der Waals surface area contributed by atoms with Gasteiger partial charge in [-0.25, -0.2) is 0 Å². The van der Waals surface area contributed by atoms with Crippen LogP contribution in [-0.2, 0) is 4.79 Å². The molecule has 0 radical (unpaired) electrons. The quantitative estimate of drug-likeness (QED) is 0.595. The van der Waals surface area contributed by atoms with Crippen molar-refractivity contribution in [1.82, 2.24) is 10.6 Å². The van der Waals surface area contributed by atoms with E-state index in [1.807, 2.05) is 6.92 Å². The van der Waals surface area contributed by atoms with Crippen molar-refractivity contribution in [3.05, 3.63) is 0 Å². The van der Waals surface area contributed by atoms with Gasteiger partial charge in [-0.15, -0.1) is 0 Å². The molecule has 4 heteroatoms. The molecule has 1 heterocycles. The number of carbonyl (C=O) groups is 1.